The normalized spacial score (nSPS) is 12.8. The average Bonchev–Trinajstić information content (AvgIpc) is 2.91. The van der Waals surface area contributed by atoms with E-state index in [1.54, 1.807) is 18.3 Å². The van der Waals surface area contributed by atoms with Crippen molar-refractivity contribution >= 4 is 35.2 Å². The first-order valence-corrected chi connectivity index (χ1v) is 7.53. The summed E-state index contributed by atoms with van der Waals surface area (Å²) in [5.41, 5.74) is 4.46. The van der Waals surface area contributed by atoms with Crippen LogP contribution in [0, 0.1) is 0 Å². The van der Waals surface area contributed by atoms with Crippen molar-refractivity contribution in [1.82, 2.24) is 4.98 Å². The van der Waals surface area contributed by atoms with E-state index in [4.69, 9.17) is 27.9 Å². The van der Waals surface area contributed by atoms with Gasteiger partial charge in [-0.25, -0.2) is 4.79 Å². The number of benzene rings is 1. The molecule has 1 heterocycles. The Morgan fingerprint density at radius 1 is 1.32 bits per heavy atom. The molecule has 0 radical (unpaired) electrons. The van der Waals surface area contributed by atoms with Crippen molar-refractivity contribution in [3.05, 3.63) is 68.5 Å². The number of pyridine rings is 1. The predicted octanol–water partition coefficient (Wildman–Crippen LogP) is 4.36. The number of hydrogen-bond donors (Lipinski definition) is 0. The van der Waals surface area contributed by atoms with Crippen LogP contribution in [0.25, 0.3) is 6.08 Å². The lowest BCUT2D eigenvalue weighted by molar-refractivity contribution is 0.0599. The molecule has 0 saturated heterocycles. The van der Waals surface area contributed by atoms with Gasteiger partial charge in [-0.3, -0.25) is 4.98 Å². The molecule has 0 N–H and O–H groups in total. The van der Waals surface area contributed by atoms with Crippen molar-refractivity contribution in [2.45, 2.75) is 12.8 Å². The Balaban J connectivity index is 1.86. The van der Waals surface area contributed by atoms with Gasteiger partial charge in [0.25, 0.3) is 0 Å². The number of aromatic nitrogens is 1. The number of methoxy groups -OCH3 is 1. The van der Waals surface area contributed by atoms with Gasteiger partial charge in [-0.1, -0.05) is 34.8 Å². The first-order chi connectivity index (χ1) is 10.6. The summed E-state index contributed by atoms with van der Waals surface area (Å²) in [6, 6.07) is 7.17. The van der Waals surface area contributed by atoms with Crippen molar-refractivity contribution in [3.8, 4) is 0 Å². The summed E-state index contributed by atoms with van der Waals surface area (Å²) >= 11 is 12.1. The Labute approximate surface area is 138 Å². The van der Waals surface area contributed by atoms with Gasteiger partial charge in [0.2, 0.25) is 0 Å². The second-order valence-corrected chi connectivity index (χ2v) is 5.95. The lowest BCUT2D eigenvalue weighted by Gasteiger charge is -2.07. The maximum atomic E-state index is 11.8. The molecular weight excluding hydrogens is 321 g/mol. The first-order valence-electron chi connectivity index (χ1n) is 6.78. The van der Waals surface area contributed by atoms with Crippen LogP contribution in [0.5, 0.6) is 0 Å². The van der Waals surface area contributed by atoms with Gasteiger partial charge < -0.3 is 4.74 Å². The van der Waals surface area contributed by atoms with E-state index >= 15 is 0 Å². The highest BCUT2D eigenvalue weighted by atomic mass is 35.5. The molecule has 1 aromatic heterocycles. The van der Waals surface area contributed by atoms with Gasteiger partial charge in [-0.2, -0.15) is 0 Å². The van der Waals surface area contributed by atoms with Crippen LogP contribution in [0.2, 0.25) is 10.0 Å². The lowest BCUT2D eigenvalue weighted by atomic mass is 10.0. The van der Waals surface area contributed by atoms with Crippen LogP contribution in [-0.2, 0) is 17.6 Å². The summed E-state index contributed by atoms with van der Waals surface area (Å²) in [7, 11) is 1.38. The molecule has 3 rings (SSSR count). The van der Waals surface area contributed by atoms with E-state index in [2.05, 4.69) is 4.98 Å². The average molecular weight is 334 g/mol. The predicted molar refractivity (Wildman–Crippen MR) is 87.4 cm³/mol. The molecule has 0 unspecified atom stereocenters. The Hall–Kier alpha value is -1.84. The fraction of sp³-hybridized carbons (Fsp3) is 0.176. The van der Waals surface area contributed by atoms with Crippen LogP contribution >= 0.6 is 23.2 Å². The number of hydrogen-bond acceptors (Lipinski definition) is 3. The van der Waals surface area contributed by atoms with Crippen molar-refractivity contribution in [1.29, 1.82) is 0 Å². The zero-order valence-electron chi connectivity index (χ0n) is 11.9. The molecule has 5 heteroatoms. The standard InChI is InChI=1S/C17H13Cl2NO2/c1-22-17(21)13-4-5-20-16-8-10(7-14(13)16)6-11-2-3-12(18)9-15(11)19/h2-5,8-9H,6-7H2,1H3. The maximum absolute atomic E-state index is 11.8. The Morgan fingerprint density at radius 3 is 2.86 bits per heavy atom. The Morgan fingerprint density at radius 2 is 2.14 bits per heavy atom. The molecule has 0 saturated carbocycles. The molecule has 0 aliphatic heterocycles. The molecule has 1 aliphatic carbocycles. The Bertz CT molecular complexity index is 784. The SMILES string of the molecule is COC(=O)c1ccnc2c1CC(Cc1ccc(Cl)cc1Cl)=C2. The molecular formula is C17H13Cl2NO2. The van der Waals surface area contributed by atoms with Crippen LogP contribution in [0.3, 0.4) is 0 Å². The Kier molecular flexibility index (Phi) is 4.19. The number of halogens is 2. The topological polar surface area (TPSA) is 39.2 Å². The van der Waals surface area contributed by atoms with Gasteiger partial charge in [-0.05, 0) is 48.2 Å². The summed E-state index contributed by atoms with van der Waals surface area (Å²) in [6.07, 6.45) is 5.01. The van der Waals surface area contributed by atoms with Crippen LogP contribution in [0.15, 0.2) is 36.0 Å². The minimum atomic E-state index is -0.335. The number of fused-ring (bicyclic) bond motifs is 1. The minimum Gasteiger partial charge on any atom is -0.465 e. The van der Waals surface area contributed by atoms with E-state index in [9.17, 15) is 4.79 Å². The fourth-order valence-electron chi connectivity index (χ4n) is 2.61. The quantitative estimate of drug-likeness (QED) is 0.783. The van der Waals surface area contributed by atoms with E-state index in [0.717, 1.165) is 22.4 Å². The number of carbonyl (C=O) groups excluding carboxylic acids is 1. The smallest absolute Gasteiger partial charge is 0.338 e. The first kappa shape index (κ1) is 15.1. The summed E-state index contributed by atoms with van der Waals surface area (Å²) in [6.45, 7) is 0. The monoisotopic (exact) mass is 333 g/mol. The molecule has 2 aromatic rings. The number of esters is 1. The molecule has 1 aromatic carbocycles. The fourth-order valence-corrected chi connectivity index (χ4v) is 3.09. The third-order valence-electron chi connectivity index (χ3n) is 3.67. The highest BCUT2D eigenvalue weighted by Gasteiger charge is 2.21. The van der Waals surface area contributed by atoms with Crippen LogP contribution in [0.4, 0.5) is 0 Å². The number of carbonyl (C=O) groups is 1. The van der Waals surface area contributed by atoms with E-state index in [1.807, 2.05) is 18.2 Å². The summed E-state index contributed by atoms with van der Waals surface area (Å²) in [4.78, 5) is 16.1. The third kappa shape index (κ3) is 2.87. The highest BCUT2D eigenvalue weighted by molar-refractivity contribution is 6.35. The molecule has 0 fully saturated rings. The largest absolute Gasteiger partial charge is 0.465 e. The van der Waals surface area contributed by atoms with E-state index in [-0.39, 0.29) is 5.97 Å². The number of allylic oxidation sites excluding steroid dienone is 1. The zero-order chi connectivity index (χ0) is 15.7. The van der Waals surface area contributed by atoms with Crippen LogP contribution < -0.4 is 0 Å². The molecule has 112 valence electrons. The van der Waals surface area contributed by atoms with Crippen LogP contribution in [0.1, 0.15) is 27.2 Å². The van der Waals surface area contributed by atoms with Gasteiger partial charge in [0.1, 0.15) is 0 Å². The lowest BCUT2D eigenvalue weighted by Crippen LogP contribution is -2.07. The van der Waals surface area contributed by atoms with Gasteiger partial charge in [0.15, 0.2) is 0 Å². The van der Waals surface area contributed by atoms with E-state index in [0.29, 0.717) is 28.5 Å². The van der Waals surface area contributed by atoms with E-state index in [1.165, 1.54) is 7.11 Å². The van der Waals surface area contributed by atoms with Gasteiger partial charge in [0, 0.05) is 16.2 Å². The van der Waals surface area contributed by atoms with Crippen molar-refractivity contribution in [2.24, 2.45) is 0 Å². The molecule has 0 amide bonds. The third-order valence-corrected chi connectivity index (χ3v) is 4.26. The molecule has 0 bridgehead atoms. The van der Waals surface area contributed by atoms with Crippen molar-refractivity contribution in [2.75, 3.05) is 7.11 Å². The van der Waals surface area contributed by atoms with Crippen molar-refractivity contribution < 1.29 is 9.53 Å². The highest BCUT2D eigenvalue weighted by Crippen LogP contribution is 2.31. The van der Waals surface area contributed by atoms with Gasteiger partial charge >= 0.3 is 5.97 Å². The van der Waals surface area contributed by atoms with Crippen molar-refractivity contribution in [3.63, 3.8) is 0 Å². The van der Waals surface area contributed by atoms with Crippen LogP contribution in [-0.4, -0.2) is 18.1 Å². The number of nitrogens with zero attached hydrogens (tertiary/aromatic N) is 1. The zero-order valence-corrected chi connectivity index (χ0v) is 13.4. The minimum absolute atomic E-state index is 0.335. The summed E-state index contributed by atoms with van der Waals surface area (Å²) < 4.78 is 4.82. The molecule has 3 nitrogen and oxygen atoms in total. The number of rotatable bonds is 3. The second kappa shape index (κ2) is 6.11. The second-order valence-electron chi connectivity index (χ2n) is 5.11. The molecule has 0 atom stereocenters. The number of ether oxygens (including phenoxy) is 1. The van der Waals surface area contributed by atoms with Gasteiger partial charge in [-0.15, -0.1) is 0 Å². The van der Waals surface area contributed by atoms with E-state index < -0.39 is 0 Å². The van der Waals surface area contributed by atoms with Gasteiger partial charge in [0.05, 0.1) is 18.4 Å². The maximum Gasteiger partial charge on any atom is 0.338 e. The molecule has 1 aliphatic rings. The molecule has 22 heavy (non-hydrogen) atoms. The summed E-state index contributed by atoms with van der Waals surface area (Å²) in [5.74, 6) is -0.335. The summed E-state index contributed by atoms with van der Waals surface area (Å²) in [5, 5.41) is 1.26. The molecule has 0 spiro atoms.